The molecule has 0 aliphatic heterocycles. The highest BCUT2D eigenvalue weighted by Gasteiger charge is 2.12. The molecular formula is C21H17ClFN3O4S. The lowest BCUT2D eigenvalue weighted by Crippen LogP contribution is -2.15. The van der Waals surface area contributed by atoms with Crippen LogP contribution in [-0.4, -0.2) is 26.5 Å². The summed E-state index contributed by atoms with van der Waals surface area (Å²) in [6.07, 6.45) is 1.00. The van der Waals surface area contributed by atoms with Crippen LogP contribution in [0.15, 0.2) is 66.7 Å². The average molecular weight is 462 g/mol. The van der Waals surface area contributed by atoms with Gasteiger partial charge in [0.25, 0.3) is 11.8 Å². The molecule has 160 valence electrons. The van der Waals surface area contributed by atoms with Crippen molar-refractivity contribution in [2.45, 2.75) is 0 Å². The molecule has 3 aromatic carbocycles. The fraction of sp³-hybridized carbons (Fsp3) is 0.0476. The summed E-state index contributed by atoms with van der Waals surface area (Å²) in [6.45, 7) is 0. The minimum Gasteiger partial charge on any atom is -0.322 e. The van der Waals surface area contributed by atoms with Crippen LogP contribution in [0.3, 0.4) is 0 Å². The van der Waals surface area contributed by atoms with Crippen molar-refractivity contribution < 1.29 is 22.4 Å². The monoisotopic (exact) mass is 461 g/mol. The minimum absolute atomic E-state index is 0.114. The van der Waals surface area contributed by atoms with Crippen LogP contribution in [0.25, 0.3) is 0 Å². The second-order valence-electron chi connectivity index (χ2n) is 6.56. The number of carbonyl (C=O) groups is 2. The molecular weight excluding hydrogens is 445 g/mol. The fourth-order valence-electron chi connectivity index (χ4n) is 2.62. The van der Waals surface area contributed by atoms with E-state index in [-0.39, 0.29) is 21.8 Å². The van der Waals surface area contributed by atoms with Gasteiger partial charge in [-0.15, -0.1) is 0 Å². The number of nitrogens with one attached hydrogen (secondary N) is 3. The normalized spacial score (nSPS) is 10.9. The van der Waals surface area contributed by atoms with Crippen LogP contribution in [-0.2, 0) is 10.0 Å². The maximum absolute atomic E-state index is 13.0. The third-order valence-electron chi connectivity index (χ3n) is 4.01. The van der Waals surface area contributed by atoms with Gasteiger partial charge < -0.3 is 10.6 Å². The molecule has 0 heterocycles. The topological polar surface area (TPSA) is 104 Å². The Morgan fingerprint density at radius 1 is 0.839 bits per heavy atom. The molecule has 31 heavy (non-hydrogen) atoms. The van der Waals surface area contributed by atoms with Gasteiger partial charge >= 0.3 is 0 Å². The molecule has 0 aliphatic carbocycles. The average Bonchev–Trinajstić information content (AvgIpc) is 2.70. The number of carbonyl (C=O) groups excluding carboxylic acids is 2. The van der Waals surface area contributed by atoms with E-state index in [2.05, 4.69) is 15.4 Å². The van der Waals surface area contributed by atoms with Crippen LogP contribution < -0.4 is 15.4 Å². The quantitative estimate of drug-likeness (QED) is 0.507. The zero-order valence-corrected chi connectivity index (χ0v) is 17.7. The van der Waals surface area contributed by atoms with Gasteiger partial charge in [-0.2, -0.15) is 0 Å². The summed E-state index contributed by atoms with van der Waals surface area (Å²) in [6, 6.07) is 15.7. The van der Waals surface area contributed by atoms with Crippen molar-refractivity contribution in [2.24, 2.45) is 0 Å². The number of halogens is 2. The van der Waals surface area contributed by atoms with Crippen LogP contribution >= 0.6 is 11.6 Å². The maximum Gasteiger partial charge on any atom is 0.255 e. The van der Waals surface area contributed by atoms with Gasteiger partial charge in [0.2, 0.25) is 10.0 Å². The van der Waals surface area contributed by atoms with E-state index in [1.54, 1.807) is 18.2 Å². The number of hydrogen-bond acceptors (Lipinski definition) is 4. The molecule has 0 saturated carbocycles. The Bertz CT molecular complexity index is 1250. The third kappa shape index (κ3) is 6.27. The molecule has 3 aromatic rings. The van der Waals surface area contributed by atoms with E-state index in [9.17, 15) is 22.4 Å². The molecule has 0 aliphatic rings. The highest BCUT2D eigenvalue weighted by atomic mass is 35.5. The molecule has 0 saturated heterocycles. The summed E-state index contributed by atoms with van der Waals surface area (Å²) in [7, 11) is -3.49. The van der Waals surface area contributed by atoms with Gasteiger partial charge in [-0.3, -0.25) is 14.3 Å². The number of amides is 2. The predicted octanol–water partition coefficient (Wildman–Crippen LogP) is 4.36. The van der Waals surface area contributed by atoms with Crippen molar-refractivity contribution in [3.8, 4) is 0 Å². The first-order chi connectivity index (χ1) is 14.6. The SMILES string of the molecule is CS(=O)(=O)Nc1ccc(NC(=O)c2cccc(NC(=O)c3ccc(F)cc3)c2)cc1Cl. The van der Waals surface area contributed by atoms with Crippen LogP contribution in [0.4, 0.5) is 21.5 Å². The Balaban J connectivity index is 1.70. The molecule has 3 N–H and O–H groups in total. The first-order valence-corrected chi connectivity index (χ1v) is 11.1. The largest absolute Gasteiger partial charge is 0.322 e. The van der Waals surface area contributed by atoms with Crippen LogP contribution in [0.5, 0.6) is 0 Å². The Morgan fingerprint density at radius 2 is 1.45 bits per heavy atom. The highest BCUT2D eigenvalue weighted by Crippen LogP contribution is 2.26. The lowest BCUT2D eigenvalue weighted by molar-refractivity contribution is 0.101. The summed E-state index contributed by atoms with van der Waals surface area (Å²) < 4.78 is 37.9. The van der Waals surface area contributed by atoms with Crippen molar-refractivity contribution in [2.75, 3.05) is 21.6 Å². The first kappa shape index (κ1) is 22.3. The first-order valence-electron chi connectivity index (χ1n) is 8.86. The molecule has 0 unspecified atom stereocenters. The van der Waals surface area contributed by atoms with E-state index in [4.69, 9.17) is 11.6 Å². The predicted molar refractivity (Wildman–Crippen MR) is 119 cm³/mol. The molecule has 10 heteroatoms. The number of hydrogen-bond donors (Lipinski definition) is 3. The molecule has 0 radical (unpaired) electrons. The highest BCUT2D eigenvalue weighted by molar-refractivity contribution is 7.92. The van der Waals surface area contributed by atoms with Gasteiger partial charge in [-0.1, -0.05) is 17.7 Å². The standard InChI is InChI=1S/C21H17ClFN3O4S/c1-31(29,30)26-19-10-9-17(12-18(19)22)25-21(28)14-3-2-4-16(11-14)24-20(27)13-5-7-15(23)8-6-13/h2-12,26H,1H3,(H,24,27)(H,25,28). The molecule has 0 fully saturated rings. The molecule has 0 spiro atoms. The van der Waals surface area contributed by atoms with Crippen molar-refractivity contribution in [1.82, 2.24) is 0 Å². The van der Waals surface area contributed by atoms with Gasteiger partial charge in [0.15, 0.2) is 0 Å². The van der Waals surface area contributed by atoms with E-state index < -0.39 is 27.7 Å². The number of anilines is 3. The Hall–Kier alpha value is -3.43. The second-order valence-corrected chi connectivity index (χ2v) is 8.72. The van der Waals surface area contributed by atoms with E-state index >= 15 is 0 Å². The molecule has 0 atom stereocenters. The Labute approximate surface area is 183 Å². The Morgan fingerprint density at radius 3 is 2.06 bits per heavy atom. The van der Waals surface area contributed by atoms with Crippen LogP contribution in [0.1, 0.15) is 20.7 Å². The summed E-state index contributed by atoms with van der Waals surface area (Å²) in [4.78, 5) is 24.8. The Kier molecular flexibility index (Phi) is 6.57. The van der Waals surface area contributed by atoms with Crippen molar-refractivity contribution in [3.05, 3.63) is 88.7 Å². The summed E-state index contributed by atoms with van der Waals surface area (Å²) in [5.41, 5.74) is 1.47. The number of benzene rings is 3. The summed E-state index contributed by atoms with van der Waals surface area (Å²) in [5, 5.41) is 5.41. The van der Waals surface area contributed by atoms with Gasteiger partial charge in [0, 0.05) is 22.5 Å². The summed E-state index contributed by atoms with van der Waals surface area (Å²) in [5.74, 6) is -1.36. The van der Waals surface area contributed by atoms with Gasteiger partial charge in [0.05, 0.1) is 17.0 Å². The van der Waals surface area contributed by atoms with Crippen LogP contribution in [0, 0.1) is 5.82 Å². The lowest BCUT2D eigenvalue weighted by atomic mass is 10.1. The molecule has 0 aromatic heterocycles. The van der Waals surface area contributed by atoms with Gasteiger partial charge in [-0.25, -0.2) is 12.8 Å². The number of rotatable bonds is 6. The smallest absolute Gasteiger partial charge is 0.255 e. The van der Waals surface area contributed by atoms with E-state index in [1.807, 2.05) is 0 Å². The molecule has 0 bridgehead atoms. The van der Waals surface area contributed by atoms with E-state index in [0.717, 1.165) is 6.26 Å². The molecule has 3 rings (SSSR count). The second kappa shape index (κ2) is 9.15. The van der Waals surface area contributed by atoms with Crippen molar-refractivity contribution in [1.29, 1.82) is 0 Å². The van der Waals surface area contributed by atoms with Crippen molar-refractivity contribution in [3.63, 3.8) is 0 Å². The maximum atomic E-state index is 13.0. The fourth-order valence-corrected chi connectivity index (χ4v) is 3.48. The van der Waals surface area contributed by atoms with Gasteiger partial charge in [-0.05, 0) is 60.7 Å². The molecule has 7 nitrogen and oxygen atoms in total. The number of sulfonamides is 1. The zero-order chi connectivity index (χ0) is 22.6. The van der Waals surface area contributed by atoms with Crippen LogP contribution in [0.2, 0.25) is 5.02 Å². The lowest BCUT2D eigenvalue weighted by Gasteiger charge is -2.11. The van der Waals surface area contributed by atoms with E-state index in [0.29, 0.717) is 11.4 Å². The van der Waals surface area contributed by atoms with E-state index in [1.165, 1.54) is 48.5 Å². The van der Waals surface area contributed by atoms with Crippen molar-refractivity contribution >= 4 is 50.5 Å². The van der Waals surface area contributed by atoms with Gasteiger partial charge in [0.1, 0.15) is 5.82 Å². The molecule has 2 amide bonds. The summed E-state index contributed by atoms with van der Waals surface area (Å²) >= 11 is 6.07. The third-order valence-corrected chi connectivity index (χ3v) is 4.91. The zero-order valence-electron chi connectivity index (χ0n) is 16.1. The minimum atomic E-state index is -3.49.